The fourth-order valence-electron chi connectivity index (χ4n) is 1.74. The summed E-state index contributed by atoms with van der Waals surface area (Å²) in [5.74, 6) is -1.54. The molecule has 5 nitrogen and oxygen atoms in total. The first-order valence-electron chi connectivity index (χ1n) is 5.42. The fraction of sp³-hybridized carbons (Fsp3) is 0.154. The smallest absolute Gasteiger partial charge is 0.337 e. The van der Waals surface area contributed by atoms with Crippen molar-refractivity contribution in [2.75, 3.05) is 7.11 Å². The topological polar surface area (TPSA) is 72.3 Å². The number of nitrogens with zero attached hydrogens (tertiary/aromatic N) is 2. The van der Waals surface area contributed by atoms with Crippen LogP contribution in [0.25, 0.3) is 11.1 Å². The molecule has 2 rings (SSSR count). The van der Waals surface area contributed by atoms with Crippen molar-refractivity contribution in [1.29, 1.82) is 0 Å². The highest BCUT2D eigenvalue weighted by molar-refractivity contribution is 5.96. The maximum atomic E-state index is 13.3. The minimum absolute atomic E-state index is 0.0190. The quantitative estimate of drug-likeness (QED) is 0.859. The predicted molar refractivity (Wildman–Crippen MR) is 65.7 cm³/mol. The van der Waals surface area contributed by atoms with Gasteiger partial charge >= 0.3 is 5.97 Å². The molecule has 2 aromatic rings. The molecule has 0 bridgehead atoms. The lowest BCUT2D eigenvalue weighted by atomic mass is 10.0. The van der Waals surface area contributed by atoms with Crippen LogP contribution in [-0.4, -0.2) is 28.2 Å². The van der Waals surface area contributed by atoms with Gasteiger partial charge in [0.15, 0.2) is 0 Å². The van der Waals surface area contributed by atoms with Gasteiger partial charge in [-0.15, -0.1) is 0 Å². The zero-order chi connectivity index (χ0) is 14.0. The number of hydrogen-bond acceptors (Lipinski definition) is 4. The van der Waals surface area contributed by atoms with Gasteiger partial charge in [0.2, 0.25) is 5.95 Å². The van der Waals surface area contributed by atoms with E-state index in [0.29, 0.717) is 22.6 Å². The Morgan fingerprint density at radius 1 is 1.26 bits per heavy atom. The van der Waals surface area contributed by atoms with Crippen LogP contribution in [0.2, 0.25) is 0 Å². The van der Waals surface area contributed by atoms with Crippen LogP contribution in [0.4, 0.5) is 4.39 Å². The van der Waals surface area contributed by atoms with E-state index in [2.05, 4.69) is 9.97 Å². The van der Waals surface area contributed by atoms with Crippen molar-refractivity contribution < 1.29 is 19.0 Å². The van der Waals surface area contributed by atoms with Gasteiger partial charge in [0, 0.05) is 29.1 Å². The number of ether oxygens (including phenoxy) is 1. The zero-order valence-electron chi connectivity index (χ0n) is 10.3. The first kappa shape index (κ1) is 12.9. The summed E-state index contributed by atoms with van der Waals surface area (Å²) in [6.07, 6.45) is 2.46. The van der Waals surface area contributed by atoms with Gasteiger partial charge in [-0.05, 0) is 13.0 Å². The first-order valence-corrected chi connectivity index (χ1v) is 5.42. The second-order valence-electron chi connectivity index (χ2n) is 3.88. The van der Waals surface area contributed by atoms with E-state index >= 15 is 0 Å². The van der Waals surface area contributed by atoms with Gasteiger partial charge in [-0.3, -0.25) is 4.98 Å². The lowest BCUT2D eigenvalue weighted by molar-refractivity contribution is 0.0697. The molecule has 0 aliphatic heterocycles. The number of rotatable bonds is 3. The Kier molecular flexibility index (Phi) is 3.41. The van der Waals surface area contributed by atoms with E-state index in [4.69, 9.17) is 9.84 Å². The average molecular weight is 262 g/mol. The van der Waals surface area contributed by atoms with Gasteiger partial charge in [-0.25, -0.2) is 9.78 Å². The third-order valence-electron chi connectivity index (χ3n) is 2.62. The second-order valence-corrected chi connectivity index (χ2v) is 3.88. The number of aryl methyl sites for hydroxylation is 1. The Hall–Kier alpha value is -2.50. The molecule has 2 heterocycles. The number of carboxylic acid groups (broad SMARTS) is 1. The summed E-state index contributed by atoms with van der Waals surface area (Å²) in [6, 6.07) is 2.71. The highest BCUT2D eigenvalue weighted by Crippen LogP contribution is 2.32. The van der Waals surface area contributed by atoms with Gasteiger partial charge < -0.3 is 9.84 Å². The molecule has 1 N–H and O–H groups in total. The number of aromatic nitrogens is 2. The lowest BCUT2D eigenvalue weighted by Gasteiger charge is -2.11. The number of carbonyl (C=O) groups is 1. The monoisotopic (exact) mass is 262 g/mol. The van der Waals surface area contributed by atoms with Crippen LogP contribution in [-0.2, 0) is 0 Å². The largest absolute Gasteiger partial charge is 0.494 e. The summed E-state index contributed by atoms with van der Waals surface area (Å²) in [4.78, 5) is 18.6. The fourth-order valence-corrected chi connectivity index (χ4v) is 1.74. The highest BCUT2D eigenvalue weighted by Gasteiger charge is 2.17. The molecule has 0 saturated carbocycles. The molecule has 0 spiro atoms. The predicted octanol–water partition coefficient (Wildman–Crippen LogP) is 2.30. The van der Waals surface area contributed by atoms with E-state index in [0.717, 1.165) is 6.07 Å². The van der Waals surface area contributed by atoms with Crippen molar-refractivity contribution in [3.63, 3.8) is 0 Å². The lowest BCUT2D eigenvalue weighted by Crippen LogP contribution is -2.03. The molecule has 98 valence electrons. The van der Waals surface area contributed by atoms with Crippen LogP contribution in [0, 0.1) is 12.9 Å². The third-order valence-corrected chi connectivity index (χ3v) is 2.62. The van der Waals surface area contributed by atoms with Crippen LogP contribution in [0.3, 0.4) is 0 Å². The molecule has 6 heteroatoms. The molecular weight excluding hydrogens is 251 g/mol. The van der Waals surface area contributed by atoms with E-state index in [1.54, 1.807) is 13.0 Å². The Morgan fingerprint density at radius 2 is 2.00 bits per heavy atom. The van der Waals surface area contributed by atoms with Gasteiger partial charge in [-0.1, -0.05) is 0 Å². The standard InChI is InChI=1S/C13H11FN2O3/c1-7-3-8(10(5-15-7)13(17)18)9-4-12(14)16-6-11(9)19-2/h3-6H,1-2H3,(H,17,18). The van der Waals surface area contributed by atoms with Crippen LogP contribution in [0.1, 0.15) is 16.1 Å². The van der Waals surface area contributed by atoms with Crippen molar-refractivity contribution >= 4 is 5.97 Å². The Morgan fingerprint density at radius 3 is 2.63 bits per heavy atom. The summed E-state index contributed by atoms with van der Waals surface area (Å²) < 4.78 is 18.4. The molecule has 0 aliphatic carbocycles. The number of pyridine rings is 2. The van der Waals surface area contributed by atoms with Crippen molar-refractivity contribution in [2.24, 2.45) is 0 Å². The molecule has 0 atom stereocenters. The minimum Gasteiger partial charge on any atom is -0.494 e. The van der Waals surface area contributed by atoms with Crippen molar-refractivity contribution in [3.8, 4) is 16.9 Å². The first-order chi connectivity index (χ1) is 9.02. The molecule has 0 aromatic carbocycles. The number of hydrogen-bond donors (Lipinski definition) is 1. The summed E-state index contributed by atoms with van der Waals surface area (Å²) in [6.45, 7) is 1.72. The van der Waals surface area contributed by atoms with Gasteiger partial charge in [0.05, 0.1) is 18.9 Å². The van der Waals surface area contributed by atoms with E-state index < -0.39 is 11.9 Å². The Bertz CT molecular complexity index is 644. The SMILES string of the molecule is COc1cnc(F)cc1-c1cc(C)ncc1C(=O)O. The Labute approximate surface area is 108 Å². The molecule has 0 unspecified atom stereocenters. The summed E-state index contributed by atoms with van der Waals surface area (Å²) in [7, 11) is 1.41. The third kappa shape index (κ3) is 2.52. The molecule has 0 fully saturated rings. The van der Waals surface area contributed by atoms with E-state index in [1.165, 1.54) is 19.5 Å². The normalized spacial score (nSPS) is 10.3. The van der Waals surface area contributed by atoms with Crippen LogP contribution in [0.15, 0.2) is 24.5 Å². The van der Waals surface area contributed by atoms with Crippen molar-refractivity contribution in [2.45, 2.75) is 6.92 Å². The second kappa shape index (κ2) is 5.01. The molecule has 2 aromatic heterocycles. The van der Waals surface area contributed by atoms with Crippen LogP contribution in [0.5, 0.6) is 5.75 Å². The molecule has 0 aliphatic rings. The van der Waals surface area contributed by atoms with Gasteiger partial charge in [-0.2, -0.15) is 4.39 Å². The van der Waals surface area contributed by atoms with Crippen LogP contribution >= 0.6 is 0 Å². The molecule has 19 heavy (non-hydrogen) atoms. The molecule has 0 radical (unpaired) electrons. The van der Waals surface area contributed by atoms with Gasteiger partial charge in [0.25, 0.3) is 0 Å². The number of carboxylic acids is 1. The zero-order valence-corrected chi connectivity index (χ0v) is 10.3. The van der Waals surface area contributed by atoms with Gasteiger partial charge in [0.1, 0.15) is 5.75 Å². The van der Waals surface area contributed by atoms with E-state index in [1.807, 2.05) is 0 Å². The van der Waals surface area contributed by atoms with Crippen molar-refractivity contribution in [1.82, 2.24) is 9.97 Å². The average Bonchev–Trinajstić information content (AvgIpc) is 2.38. The highest BCUT2D eigenvalue weighted by atomic mass is 19.1. The summed E-state index contributed by atoms with van der Waals surface area (Å²) >= 11 is 0. The summed E-state index contributed by atoms with van der Waals surface area (Å²) in [5.41, 5.74) is 1.28. The molecular formula is C13H11FN2O3. The number of methoxy groups -OCH3 is 1. The molecule has 0 amide bonds. The Balaban J connectivity index is 2.73. The van der Waals surface area contributed by atoms with Crippen molar-refractivity contribution in [3.05, 3.63) is 41.7 Å². The number of aromatic carboxylic acids is 1. The molecule has 0 saturated heterocycles. The maximum Gasteiger partial charge on any atom is 0.337 e. The minimum atomic E-state index is -1.14. The van der Waals surface area contributed by atoms with E-state index in [-0.39, 0.29) is 5.56 Å². The maximum absolute atomic E-state index is 13.3. The number of halogens is 1. The summed E-state index contributed by atoms with van der Waals surface area (Å²) in [5, 5.41) is 9.16. The van der Waals surface area contributed by atoms with E-state index in [9.17, 15) is 9.18 Å². The van der Waals surface area contributed by atoms with Crippen LogP contribution < -0.4 is 4.74 Å².